The minimum Gasteiger partial charge on any atom is -0.496 e. The molecule has 80 valence electrons. The van der Waals surface area contributed by atoms with E-state index in [1.165, 1.54) is 13.2 Å². The van der Waals surface area contributed by atoms with Crippen LogP contribution in [-0.4, -0.2) is 18.2 Å². The molecule has 0 radical (unpaired) electrons. The molecule has 0 amide bonds. The molecular weight excluding hydrogens is 206 g/mol. The van der Waals surface area contributed by atoms with Crippen molar-refractivity contribution in [1.82, 2.24) is 0 Å². The Hall–Kier alpha value is -1.91. The molecule has 0 fully saturated rings. The molecule has 0 heterocycles. The monoisotopic (exact) mass is 214 g/mol. The van der Waals surface area contributed by atoms with Gasteiger partial charge in [-0.15, -0.1) is 0 Å². The first kappa shape index (κ1) is 11.2. The molecule has 0 atom stereocenters. The van der Waals surface area contributed by atoms with Crippen molar-refractivity contribution < 1.29 is 23.4 Å². The molecule has 1 aromatic carbocycles. The number of carbonyl (C=O) groups is 1. The van der Waals surface area contributed by atoms with E-state index in [4.69, 9.17) is 9.84 Å². The number of benzene rings is 1. The van der Waals surface area contributed by atoms with E-state index < -0.39 is 17.6 Å². The number of rotatable bonds is 3. The maximum absolute atomic E-state index is 12.7. The summed E-state index contributed by atoms with van der Waals surface area (Å²) in [4.78, 5) is 10.2. The van der Waals surface area contributed by atoms with Crippen molar-refractivity contribution in [2.24, 2.45) is 0 Å². The average Bonchev–Trinajstić information content (AvgIpc) is 2.20. The predicted octanol–water partition coefficient (Wildman–Crippen LogP) is 2.23. The fourth-order valence-corrected chi connectivity index (χ4v) is 1.00. The van der Waals surface area contributed by atoms with Gasteiger partial charge in [-0.25, -0.2) is 9.18 Å². The zero-order valence-electron chi connectivity index (χ0n) is 7.83. The highest BCUT2D eigenvalue weighted by Crippen LogP contribution is 2.22. The summed E-state index contributed by atoms with van der Waals surface area (Å²) in [5.41, 5.74) is 0.166. The highest BCUT2D eigenvalue weighted by molar-refractivity contribution is 5.90. The largest absolute Gasteiger partial charge is 0.496 e. The SMILES string of the molecule is COc1cc(F)ccc1/C=C(\F)C(=O)O. The van der Waals surface area contributed by atoms with Crippen molar-refractivity contribution in [3.63, 3.8) is 0 Å². The van der Waals surface area contributed by atoms with Crippen LogP contribution in [0.1, 0.15) is 5.56 Å². The van der Waals surface area contributed by atoms with Gasteiger partial charge >= 0.3 is 5.97 Å². The molecule has 5 heteroatoms. The summed E-state index contributed by atoms with van der Waals surface area (Å²) in [5.74, 6) is -3.48. The van der Waals surface area contributed by atoms with Crippen LogP contribution in [0.3, 0.4) is 0 Å². The maximum Gasteiger partial charge on any atom is 0.364 e. The number of aliphatic carboxylic acids is 1. The summed E-state index contributed by atoms with van der Waals surface area (Å²) >= 11 is 0. The number of carboxylic acids is 1. The summed E-state index contributed by atoms with van der Waals surface area (Å²) < 4.78 is 30.2. The molecular formula is C10H8F2O3. The third-order valence-corrected chi connectivity index (χ3v) is 1.68. The van der Waals surface area contributed by atoms with Gasteiger partial charge in [-0.2, -0.15) is 4.39 Å². The van der Waals surface area contributed by atoms with Gasteiger partial charge < -0.3 is 9.84 Å². The van der Waals surface area contributed by atoms with Crippen LogP contribution >= 0.6 is 0 Å². The fraction of sp³-hybridized carbons (Fsp3) is 0.100. The highest BCUT2D eigenvalue weighted by Gasteiger charge is 2.08. The molecule has 1 aromatic rings. The first-order chi connectivity index (χ1) is 7.04. The third kappa shape index (κ3) is 2.77. The van der Waals surface area contributed by atoms with E-state index in [1.54, 1.807) is 0 Å². The van der Waals surface area contributed by atoms with Gasteiger partial charge in [0, 0.05) is 11.6 Å². The van der Waals surface area contributed by atoms with Gasteiger partial charge in [0.15, 0.2) is 0 Å². The Morgan fingerprint density at radius 1 is 1.53 bits per heavy atom. The smallest absolute Gasteiger partial charge is 0.364 e. The van der Waals surface area contributed by atoms with Crippen LogP contribution in [0.5, 0.6) is 5.75 Å². The molecule has 0 bridgehead atoms. The lowest BCUT2D eigenvalue weighted by Crippen LogP contribution is -1.95. The number of hydrogen-bond acceptors (Lipinski definition) is 2. The fourth-order valence-electron chi connectivity index (χ4n) is 1.00. The van der Waals surface area contributed by atoms with Gasteiger partial charge in [0.2, 0.25) is 5.83 Å². The Kier molecular flexibility index (Phi) is 3.38. The summed E-state index contributed by atoms with van der Waals surface area (Å²) in [7, 11) is 1.28. The van der Waals surface area contributed by atoms with Crippen LogP contribution in [-0.2, 0) is 4.79 Å². The van der Waals surface area contributed by atoms with E-state index in [0.717, 1.165) is 18.2 Å². The second-order valence-corrected chi connectivity index (χ2v) is 2.68. The summed E-state index contributed by atoms with van der Waals surface area (Å²) in [6, 6.07) is 3.36. The Labute approximate surface area is 84.6 Å². The second-order valence-electron chi connectivity index (χ2n) is 2.68. The molecule has 1 rings (SSSR count). The minimum atomic E-state index is -1.68. The van der Waals surface area contributed by atoms with E-state index in [1.807, 2.05) is 0 Å². The number of ether oxygens (including phenoxy) is 1. The number of hydrogen-bond donors (Lipinski definition) is 1. The van der Waals surface area contributed by atoms with E-state index in [9.17, 15) is 13.6 Å². The van der Waals surface area contributed by atoms with Crippen LogP contribution in [0.25, 0.3) is 6.08 Å². The summed E-state index contributed by atoms with van der Waals surface area (Å²) in [6.07, 6.45) is 0.764. The Morgan fingerprint density at radius 2 is 2.20 bits per heavy atom. The summed E-state index contributed by atoms with van der Waals surface area (Å²) in [6.45, 7) is 0. The standard InChI is InChI=1S/C10H8F2O3/c1-15-9-5-7(11)3-2-6(9)4-8(12)10(13)14/h2-5H,1H3,(H,13,14)/b8-4-. The first-order valence-electron chi connectivity index (χ1n) is 3.98. The topological polar surface area (TPSA) is 46.5 Å². The van der Waals surface area contributed by atoms with E-state index >= 15 is 0 Å². The number of methoxy groups -OCH3 is 1. The van der Waals surface area contributed by atoms with Crippen molar-refractivity contribution in [3.8, 4) is 5.75 Å². The number of carboxylic acid groups (broad SMARTS) is 1. The van der Waals surface area contributed by atoms with Gasteiger partial charge in [-0.05, 0) is 18.2 Å². The molecule has 0 aliphatic carbocycles. The molecule has 0 unspecified atom stereocenters. The average molecular weight is 214 g/mol. The van der Waals surface area contributed by atoms with E-state index in [-0.39, 0.29) is 11.3 Å². The van der Waals surface area contributed by atoms with Crippen molar-refractivity contribution in [2.45, 2.75) is 0 Å². The van der Waals surface area contributed by atoms with Crippen LogP contribution in [0, 0.1) is 5.82 Å². The Bertz CT molecular complexity index is 413. The predicted molar refractivity (Wildman–Crippen MR) is 49.7 cm³/mol. The third-order valence-electron chi connectivity index (χ3n) is 1.68. The summed E-state index contributed by atoms with van der Waals surface area (Å²) in [5, 5.41) is 8.30. The maximum atomic E-state index is 12.7. The lowest BCUT2D eigenvalue weighted by Gasteiger charge is -2.04. The molecule has 0 saturated heterocycles. The van der Waals surface area contributed by atoms with E-state index in [0.29, 0.717) is 0 Å². The molecule has 0 aliphatic heterocycles. The van der Waals surface area contributed by atoms with Crippen LogP contribution < -0.4 is 4.74 Å². The highest BCUT2D eigenvalue weighted by atomic mass is 19.1. The first-order valence-corrected chi connectivity index (χ1v) is 3.98. The van der Waals surface area contributed by atoms with Crippen molar-refractivity contribution in [2.75, 3.05) is 7.11 Å². The van der Waals surface area contributed by atoms with Crippen LogP contribution in [0.4, 0.5) is 8.78 Å². The molecule has 1 N–H and O–H groups in total. The minimum absolute atomic E-state index is 0.0754. The molecule has 3 nitrogen and oxygen atoms in total. The zero-order valence-corrected chi connectivity index (χ0v) is 7.83. The lowest BCUT2D eigenvalue weighted by molar-refractivity contribution is -0.134. The van der Waals surface area contributed by atoms with Gasteiger partial charge in [-0.3, -0.25) is 0 Å². The van der Waals surface area contributed by atoms with Crippen LogP contribution in [0.15, 0.2) is 24.0 Å². The van der Waals surface area contributed by atoms with Crippen LogP contribution in [0.2, 0.25) is 0 Å². The molecule has 0 aliphatic rings. The quantitative estimate of drug-likeness (QED) is 0.785. The van der Waals surface area contributed by atoms with Crippen molar-refractivity contribution in [1.29, 1.82) is 0 Å². The normalized spacial score (nSPS) is 11.3. The zero-order chi connectivity index (χ0) is 11.4. The molecule has 0 spiro atoms. The second kappa shape index (κ2) is 4.54. The Morgan fingerprint density at radius 3 is 2.73 bits per heavy atom. The van der Waals surface area contributed by atoms with Gasteiger partial charge in [0.05, 0.1) is 7.11 Å². The van der Waals surface area contributed by atoms with E-state index in [2.05, 4.69) is 0 Å². The lowest BCUT2D eigenvalue weighted by atomic mass is 10.2. The molecule has 15 heavy (non-hydrogen) atoms. The molecule has 0 aromatic heterocycles. The van der Waals surface area contributed by atoms with Gasteiger partial charge in [0.25, 0.3) is 0 Å². The van der Waals surface area contributed by atoms with Crippen molar-refractivity contribution >= 4 is 12.0 Å². The molecule has 0 saturated carbocycles. The number of halogens is 2. The van der Waals surface area contributed by atoms with Crippen molar-refractivity contribution in [3.05, 3.63) is 35.4 Å². The Balaban J connectivity index is 3.15. The van der Waals surface area contributed by atoms with Gasteiger partial charge in [0.1, 0.15) is 11.6 Å². The van der Waals surface area contributed by atoms with Gasteiger partial charge in [-0.1, -0.05) is 0 Å².